The highest BCUT2D eigenvalue weighted by atomic mass is 13.9. The van der Waals surface area contributed by atoms with Crippen molar-refractivity contribution in [3.63, 3.8) is 0 Å². The Morgan fingerprint density at radius 1 is 0.500 bits per heavy atom. The lowest BCUT2D eigenvalue weighted by molar-refractivity contribution is 0.696. The highest BCUT2D eigenvalue weighted by molar-refractivity contribution is 5.08. The summed E-state index contributed by atoms with van der Waals surface area (Å²) in [6, 6.07) is 0. The molecule has 1 aliphatic rings. The van der Waals surface area contributed by atoms with Crippen LogP contribution in [0.4, 0.5) is 0 Å². The number of hydrogen-bond donors (Lipinski definition) is 0. The molecular weight excluding hydrogens is 168 g/mol. The summed E-state index contributed by atoms with van der Waals surface area (Å²) in [4.78, 5) is 0. The first kappa shape index (κ1) is 11.0. The number of hydrogen-bond acceptors (Lipinski definition) is 0. The van der Waals surface area contributed by atoms with Crippen LogP contribution in [0.25, 0.3) is 0 Å². The van der Waals surface area contributed by atoms with Gasteiger partial charge in [0.2, 0.25) is 0 Å². The van der Waals surface area contributed by atoms with Gasteiger partial charge in [0.1, 0.15) is 0 Å². The van der Waals surface area contributed by atoms with Gasteiger partial charge in [-0.3, -0.25) is 0 Å². The van der Waals surface area contributed by atoms with E-state index in [0.717, 1.165) is 6.42 Å². The van der Waals surface area contributed by atoms with Gasteiger partial charge in [0.15, 0.2) is 0 Å². The van der Waals surface area contributed by atoms with Gasteiger partial charge in [0.25, 0.3) is 0 Å². The summed E-state index contributed by atoms with van der Waals surface area (Å²) in [6.07, 6.45) is 25.0. The van der Waals surface area contributed by atoms with Gasteiger partial charge >= 0.3 is 0 Å². The van der Waals surface area contributed by atoms with Crippen molar-refractivity contribution < 1.29 is 0 Å². The van der Waals surface area contributed by atoms with E-state index in [-0.39, 0.29) is 0 Å². The molecule has 0 aliphatic heterocycles. The molecule has 1 rings (SSSR count). The summed E-state index contributed by atoms with van der Waals surface area (Å²) >= 11 is 0. The van der Waals surface area contributed by atoms with E-state index in [1.54, 1.807) is 0 Å². The topological polar surface area (TPSA) is 0 Å². The van der Waals surface area contributed by atoms with Crippen molar-refractivity contribution in [2.24, 2.45) is 0 Å². The second kappa shape index (κ2) is 8.55. The Bertz CT molecular complexity index is 204. The lowest BCUT2D eigenvalue weighted by Crippen LogP contribution is -1.74. The van der Waals surface area contributed by atoms with Gasteiger partial charge < -0.3 is 0 Å². The zero-order chi connectivity index (χ0) is 9.90. The van der Waals surface area contributed by atoms with E-state index in [4.69, 9.17) is 0 Å². The zero-order valence-corrected chi connectivity index (χ0v) is 8.86. The summed E-state index contributed by atoms with van der Waals surface area (Å²) in [5, 5.41) is 0. The monoisotopic (exact) mass is 188 g/mol. The van der Waals surface area contributed by atoms with Crippen molar-refractivity contribution in [2.45, 2.75) is 38.5 Å². The molecule has 1 aliphatic carbocycles. The second-order valence-electron chi connectivity index (χ2n) is 3.59. The molecule has 0 saturated carbocycles. The molecule has 0 amide bonds. The predicted molar refractivity (Wildman–Crippen MR) is 64.3 cm³/mol. The molecule has 0 radical (unpaired) electrons. The SMILES string of the molecule is C1=CC/C=C/C=C\CCCCCC=C1. The molecule has 0 atom stereocenters. The van der Waals surface area contributed by atoms with Gasteiger partial charge in [-0.25, -0.2) is 0 Å². The largest absolute Gasteiger partial charge is 0.0845 e. The van der Waals surface area contributed by atoms with Crippen LogP contribution in [-0.2, 0) is 0 Å². The van der Waals surface area contributed by atoms with Gasteiger partial charge in [0, 0.05) is 0 Å². The first-order valence-corrected chi connectivity index (χ1v) is 5.63. The molecule has 0 spiro atoms. The highest BCUT2D eigenvalue weighted by Gasteiger charge is 1.85. The summed E-state index contributed by atoms with van der Waals surface area (Å²) in [5.41, 5.74) is 0. The van der Waals surface area contributed by atoms with Gasteiger partial charge in [-0.1, -0.05) is 55.0 Å². The number of allylic oxidation sites excluding steroid dienone is 8. The molecule has 0 unspecified atom stereocenters. The summed E-state index contributed by atoms with van der Waals surface area (Å²) in [6.45, 7) is 0. The molecule has 0 aromatic rings. The third-order valence-corrected chi connectivity index (χ3v) is 2.28. The summed E-state index contributed by atoms with van der Waals surface area (Å²) < 4.78 is 0. The van der Waals surface area contributed by atoms with Crippen molar-refractivity contribution in [1.82, 2.24) is 0 Å². The Balaban J connectivity index is 2.35. The van der Waals surface area contributed by atoms with Gasteiger partial charge in [-0.2, -0.15) is 0 Å². The third kappa shape index (κ3) is 6.47. The quantitative estimate of drug-likeness (QED) is 0.522. The maximum absolute atomic E-state index is 2.27. The Hall–Kier alpha value is -1.04. The van der Waals surface area contributed by atoms with Crippen LogP contribution in [0, 0.1) is 0 Å². The third-order valence-electron chi connectivity index (χ3n) is 2.28. The summed E-state index contributed by atoms with van der Waals surface area (Å²) in [5.74, 6) is 0. The fraction of sp³-hybridized carbons (Fsp3) is 0.429. The molecule has 0 fully saturated rings. The highest BCUT2D eigenvalue weighted by Crippen LogP contribution is 2.05. The van der Waals surface area contributed by atoms with E-state index in [9.17, 15) is 0 Å². The Labute approximate surface area is 87.7 Å². The summed E-state index contributed by atoms with van der Waals surface area (Å²) in [7, 11) is 0. The molecule has 0 aromatic heterocycles. The maximum Gasteiger partial charge on any atom is -0.0163 e. The lowest BCUT2D eigenvalue weighted by Gasteiger charge is -1.94. The average Bonchev–Trinajstić information content (AvgIpc) is 2.22. The van der Waals surface area contributed by atoms with Crippen LogP contribution in [0.15, 0.2) is 48.6 Å². The molecule has 0 saturated heterocycles. The van der Waals surface area contributed by atoms with E-state index in [1.165, 1.54) is 32.1 Å². The van der Waals surface area contributed by atoms with E-state index in [0.29, 0.717) is 0 Å². The maximum atomic E-state index is 2.27. The van der Waals surface area contributed by atoms with Crippen LogP contribution >= 0.6 is 0 Å². The molecule has 14 heavy (non-hydrogen) atoms. The van der Waals surface area contributed by atoms with E-state index in [2.05, 4.69) is 48.6 Å². The smallest absolute Gasteiger partial charge is 0.0163 e. The first-order valence-electron chi connectivity index (χ1n) is 5.63. The number of rotatable bonds is 0. The van der Waals surface area contributed by atoms with Gasteiger partial charge in [0.05, 0.1) is 0 Å². The lowest BCUT2D eigenvalue weighted by atomic mass is 10.1. The fourth-order valence-electron chi connectivity index (χ4n) is 1.44. The zero-order valence-electron chi connectivity index (χ0n) is 8.86. The minimum absolute atomic E-state index is 1.04. The molecule has 0 aromatic carbocycles. The molecule has 0 N–H and O–H groups in total. The Morgan fingerprint density at radius 2 is 1.00 bits per heavy atom. The fourth-order valence-corrected chi connectivity index (χ4v) is 1.44. The Kier molecular flexibility index (Phi) is 6.74. The minimum Gasteiger partial charge on any atom is -0.0845 e. The van der Waals surface area contributed by atoms with E-state index < -0.39 is 0 Å². The van der Waals surface area contributed by atoms with Crippen LogP contribution in [0.5, 0.6) is 0 Å². The molecular formula is C14H20. The van der Waals surface area contributed by atoms with Crippen LogP contribution < -0.4 is 0 Å². The molecule has 76 valence electrons. The molecule has 0 heteroatoms. The van der Waals surface area contributed by atoms with Crippen molar-refractivity contribution in [2.75, 3.05) is 0 Å². The van der Waals surface area contributed by atoms with Crippen molar-refractivity contribution in [3.8, 4) is 0 Å². The minimum atomic E-state index is 1.04. The predicted octanol–water partition coefficient (Wildman–Crippen LogP) is 4.57. The second-order valence-corrected chi connectivity index (χ2v) is 3.59. The van der Waals surface area contributed by atoms with E-state index >= 15 is 0 Å². The van der Waals surface area contributed by atoms with Gasteiger partial charge in [-0.15, -0.1) is 0 Å². The standard InChI is InChI=1S/C14H20/c1-2-4-6-8-10-12-14-13-11-9-7-5-3-1/h1-4,7,9,11,13H,5-6,8,10,12,14H2/b3-1+,4-2-,9-7?,13-11?. The van der Waals surface area contributed by atoms with Crippen LogP contribution in [0.1, 0.15) is 38.5 Å². The van der Waals surface area contributed by atoms with Crippen LogP contribution in [0.3, 0.4) is 0 Å². The molecule has 0 bridgehead atoms. The normalized spacial score (nSPS) is 24.0. The van der Waals surface area contributed by atoms with Crippen molar-refractivity contribution >= 4 is 0 Å². The van der Waals surface area contributed by atoms with E-state index in [1.807, 2.05) is 0 Å². The van der Waals surface area contributed by atoms with Crippen molar-refractivity contribution in [3.05, 3.63) is 48.6 Å². The van der Waals surface area contributed by atoms with Crippen LogP contribution in [-0.4, -0.2) is 0 Å². The molecule has 0 heterocycles. The average molecular weight is 188 g/mol. The van der Waals surface area contributed by atoms with Crippen LogP contribution in [0.2, 0.25) is 0 Å². The first-order chi connectivity index (χ1) is 7.00. The Morgan fingerprint density at radius 3 is 1.57 bits per heavy atom. The molecule has 0 nitrogen and oxygen atoms in total. The van der Waals surface area contributed by atoms with Crippen molar-refractivity contribution in [1.29, 1.82) is 0 Å². The van der Waals surface area contributed by atoms with Gasteiger partial charge in [-0.05, 0) is 32.1 Å².